The van der Waals surface area contributed by atoms with E-state index in [2.05, 4.69) is 0 Å². The van der Waals surface area contributed by atoms with E-state index >= 15 is 0 Å². The number of rotatable bonds is 8. The molecule has 2 saturated heterocycles. The normalized spacial score (nSPS) is 31.4. The van der Waals surface area contributed by atoms with Crippen LogP contribution in [0.1, 0.15) is 19.4 Å². The molecule has 0 saturated carbocycles. The van der Waals surface area contributed by atoms with Crippen LogP contribution in [0.15, 0.2) is 53.6 Å². The maximum absolute atomic E-state index is 12.0. The van der Waals surface area contributed by atoms with E-state index in [1.807, 2.05) is 0 Å². The van der Waals surface area contributed by atoms with E-state index < -0.39 is 61.5 Å². The van der Waals surface area contributed by atoms with Gasteiger partial charge in [-0.25, -0.2) is 9.59 Å². The summed E-state index contributed by atoms with van der Waals surface area (Å²) in [5.41, 5.74) is 1.48. The molecule has 2 heterocycles. The Balaban J connectivity index is 1.55. The van der Waals surface area contributed by atoms with Gasteiger partial charge in [-0.2, -0.15) is 0 Å². The lowest BCUT2D eigenvalue weighted by Gasteiger charge is -2.39. The fourth-order valence-corrected chi connectivity index (χ4v) is 3.60. The number of carbonyl (C=O) groups is 2. The van der Waals surface area contributed by atoms with Crippen molar-refractivity contribution in [3.63, 3.8) is 0 Å². The second kappa shape index (κ2) is 12.3. The number of hydrogen-bond acceptors (Lipinski definition) is 11. The quantitative estimate of drug-likeness (QED) is 0.182. The first-order chi connectivity index (χ1) is 17.1. The Morgan fingerprint density at radius 3 is 2.42 bits per heavy atom. The number of phenols is 1. The van der Waals surface area contributed by atoms with Gasteiger partial charge in [0.15, 0.2) is 12.4 Å². The van der Waals surface area contributed by atoms with E-state index in [1.165, 1.54) is 24.3 Å². The summed E-state index contributed by atoms with van der Waals surface area (Å²) in [6.07, 6.45) is -3.99. The van der Waals surface area contributed by atoms with Crippen LogP contribution >= 0.6 is 0 Å². The number of carbonyl (C=O) groups excluding carboxylic acids is 2. The van der Waals surface area contributed by atoms with Crippen molar-refractivity contribution in [3.05, 3.63) is 59.2 Å². The van der Waals surface area contributed by atoms with E-state index in [0.717, 1.165) is 11.6 Å². The summed E-state index contributed by atoms with van der Waals surface area (Å²) in [4.78, 5) is 24.0. The third-order valence-corrected chi connectivity index (χ3v) is 5.53. The molecule has 196 valence electrons. The summed E-state index contributed by atoms with van der Waals surface area (Å²) < 4.78 is 21.1. The maximum atomic E-state index is 12.0. The number of aliphatic hydroxyl groups excluding tert-OH is 4. The average molecular weight is 507 g/mol. The summed E-state index contributed by atoms with van der Waals surface area (Å²) in [5.74, 6) is -1.38. The summed E-state index contributed by atoms with van der Waals surface area (Å²) in [6, 6.07) is 6.10. The Labute approximate surface area is 207 Å². The van der Waals surface area contributed by atoms with Crippen molar-refractivity contribution in [2.24, 2.45) is 0 Å². The third-order valence-electron chi connectivity index (χ3n) is 5.53. The zero-order valence-electron chi connectivity index (χ0n) is 19.8. The summed E-state index contributed by atoms with van der Waals surface area (Å²) in [6.45, 7) is 2.87. The van der Waals surface area contributed by atoms with Gasteiger partial charge in [0.05, 0.1) is 12.2 Å². The highest BCUT2D eigenvalue weighted by atomic mass is 16.7. The number of allylic oxidation sites excluding steroid dienone is 1. The Morgan fingerprint density at radius 1 is 1.06 bits per heavy atom. The number of aromatic hydroxyl groups is 1. The first kappa shape index (κ1) is 27.5. The minimum atomic E-state index is -1.66. The van der Waals surface area contributed by atoms with Crippen LogP contribution in [0.3, 0.4) is 0 Å². The second-order valence-corrected chi connectivity index (χ2v) is 8.62. The molecule has 11 nitrogen and oxygen atoms in total. The van der Waals surface area contributed by atoms with Crippen molar-refractivity contribution >= 4 is 18.0 Å². The van der Waals surface area contributed by atoms with Gasteiger partial charge in [0.25, 0.3) is 0 Å². The number of cyclic esters (lactones) is 1. The molecule has 5 N–H and O–H groups in total. The van der Waals surface area contributed by atoms with E-state index in [0.29, 0.717) is 5.56 Å². The van der Waals surface area contributed by atoms with Gasteiger partial charge in [0.1, 0.15) is 42.9 Å². The largest absolute Gasteiger partial charge is 0.508 e. The van der Waals surface area contributed by atoms with Crippen molar-refractivity contribution in [3.8, 4) is 5.75 Å². The third kappa shape index (κ3) is 7.00. The first-order valence-corrected chi connectivity index (χ1v) is 11.3. The Bertz CT molecular complexity index is 1010. The number of ether oxygens (including phenoxy) is 4. The van der Waals surface area contributed by atoms with E-state index in [-0.39, 0.29) is 17.9 Å². The highest BCUT2D eigenvalue weighted by Gasteiger charge is 2.45. The van der Waals surface area contributed by atoms with Crippen LogP contribution in [0.25, 0.3) is 6.08 Å². The average Bonchev–Trinajstić information content (AvgIpc) is 3.09. The zero-order chi connectivity index (χ0) is 26.4. The van der Waals surface area contributed by atoms with Crippen LogP contribution in [0.4, 0.5) is 0 Å². The van der Waals surface area contributed by atoms with Gasteiger partial charge in [0.2, 0.25) is 0 Å². The molecule has 0 aliphatic carbocycles. The fraction of sp³-hybridized carbons (Fsp3) is 0.440. The number of aliphatic hydroxyl groups is 4. The molecule has 2 aliphatic heterocycles. The zero-order valence-corrected chi connectivity index (χ0v) is 19.8. The minimum absolute atomic E-state index is 0.0192. The van der Waals surface area contributed by atoms with Crippen molar-refractivity contribution in [1.29, 1.82) is 0 Å². The molecule has 0 aromatic heterocycles. The van der Waals surface area contributed by atoms with E-state index in [4.69, 9.17) is 18.9 Å². The lowest BCUT2D eigenvalue weighted by atomic mass is 9.99. The molecule has 7 atom stereocenters. The first-order valence-electron chi connectivity index (χ1n) is 11.3. The molecule has 0 amide bonds. The molecule has 0 spiro atoms. The van der Waals surface area contributed by atoms with Crippen LogP contribution in [0, 0.1) is 0 Å². The predicted molar refractivity (Wildman–Crippen MR) is 124 cm³/mol. The van der Waals surface area contributed by atoms with Crippen molar-refractivity contribution in [2.75, 3.05) is 13.2 Å². The van der Waals surface area contributed by atoms with Gasteiger partial charge in [-0.05, 0) is 49.8 Å². The van der Waals surface area contributed by atoms with Crippen molar-refractivity contribution < 1.29 is 54.1 Å². The topological polar surface area (TPSA) is 172 Å². The molecule has 0 bridgehead atoms. The molecular formula is C25H30O11. The molecule has 0 radical (unpaired) electrons. The lowest BCUT2D eigenvalue weighted by molar-refractivity contribution is -0.299. The van der Waals surface area contributed by atoms with Gasteiger partial charge >= 0.3 is 11.9 Å². The predicted octanol–water partition coefficient (Wildman–Crippen LogP) is -0.0483. The van der Waals surface area contributed by atoms with Gasteiger partial charge in [0, 0.05) is 6.08 Å². The monoisotopic (exact) mass is 506 g/mol. The molecular weight excluding hydrogens is 476 g/mol. The van der Waals surface area contributed by atoms with Gasteiger partial charge in [-0.1, -0.05) is 17.7 Å². The van der Waals surface area contributed by atoms with Crippen molar-refractivity contribution in [2.45, 2.75) is 56.8 Å². The molecule has 1 aromatic rings. The van der Waals surface area contributed by atoms with E-state index in [1.54, 1.807) is 32.1 Å². The fourth-order valence-electron chi connectivity index (χ4n) is 3.60. The highest BCUT2D eigenvalue weighted by molar-refractivity contribution is 5.92. The molecule has 36 heavy (non-hydrogen) atoms. The van der Waals surface area contributed by atoms with Crippen molar-refractivity contribution in [1.82, 2.24) is 0 Å². The van der Waals surface area contributed by atoms with Gasteiger partial charge in [-0.15, -0.1) is 0 Å². The maximum Gasteiger partial charge on any atom is 0.337 e. The van der Waals surface area contributed by atoms with E-state index in [9.17, 15) is 35.1 Å². The highest BCUT2D eigenvalue weighted by Crippen LogP contribution is 2.25. The van der Waals surface area contributed by atoms with Crippen LogP contribution in [0.5, 0.6) is 5.75 Å². The van der Waals surface area contributed by atoms with Crippen LogP contribution in [-0.2, 0) is 28.5 Å². The number of benzene rings is 1. The van der Waals surface area contributed by atoms with Gasteiger partial charge in [-0.3, -0.25) is 0 Å². The Kier molecular flexibility index (Phi) is 9.37. The van der Waals surface area contributed by atoms with Crippen LogP contribution in [0.2, 0.25) is 0 Å². The van der Waals surface area contributed by atoms with Gasteiger partial charge < -0.3 is 44.5 Å². The molecule has 0 unspecified atom stereocenters. The smallest absolute Gasteiger partial charge is 0.337 e. The lowest BCUT2D eigenvalue weighted by Crippen LogP contribution is -2.59. The molecule has 2 aliphatic rings. The standard InChI is InChI=1S/C25H30O11/c1-13(2)11-17-20(28)16(24(32)35-17)9-10-33-25-23(31)22(30)21(29)18(36-25)12-34-19(27)8-5-14-3-6-15(26)7-4-14/h3-9,11,17-18,20-23,25-26,28-31H,10,12H2,1-2H3/b8-5+,16-9-/t17-,18-,20-,21+,22+,23+,25-/m0/s1. The molecule has 3 rings (SSSR count). The Hall–Kier alpha value is -3.06. The Morgan fingerprint density at radius 2 is 1.75 bits per heavy atom. The summed E-state index contributed by atoms with van der Waals surface area (Å²) in [5, 5.41) is 50.2. The van der Waals surface area contributed by atoms with Crippen LogP contribution in [-0.4, -0.2) is 93.6 Å². The van der Waals surface area contributed by atoms with Crippen LogP contribution < -0.4 is 0 Å². The molecule has 2 fully saturated rings. The molecule has 1 aromatic carbocycles. The number of esters is 2. The molecule has 11 heteroatoms. The summed E-state index contributed by atoms with van der Waals surface area (Å²) in [7, 11) is 0. The SMILES string of the molecule is CC(C)=C[C@@H]1OC(=O)/C(=C\CO[C@H]2O[C@@H](COC(=O)/C=C/c3ccc(O)cc3)[C@@H](O)[C@@H](O)[C@H]2O)[C@@H]1O. The minimum Gasteiger partial charge on any atom is -0.508 e. The summed E-state index contributed by atoms with van der Waals surface area (Å²) >= 11 is 0. The number of hydrogen-bond donors (Lipinski definition) is 5. The number of phenolic OH excluding ortho intramolecular Hbond substituents is 1. The second-order valence-electron chi connectivity index (χ2n) is 8.62.